The minimum absolute atomic E-state index is 0.0367. The van der Waals surface area contributed by atoms with Crippen LogP contribution in [0.4, 0.5) is 0 Å². The molecule has 0 saturated carbocycles. The molecule has 252 valence electrons. The summed E-state index contributed by atoms with van der Waals surface area (Å²) in [6.45, 7) is 11.9. The lowest BCUT2D eigenvalue weighted by Crippen LogP contribution is -2.57. The average Bonchev–Trinajstić information content (AvgIpc) is 3.68. The Morgan fingerprint density at radius 2 is 1.93 bits per heavy atom. The van der Waals surface area contributed by atoms with Crippen LogP contribution in [0.5, 0.6) is 0 Å². The predicted molar refractivity (Wildman–Crippen MR) is 171 cm³/mol. The number of likely N-dealkylation sites (tertiary alicyclic amines) is 1. The fraction of sp³-hybridized carbons (Fsp3) is 0.600. The lowest BCUT2D eigenvalue weighted by atomic mass is 9.70. The van der Waals surface area contributed by atoms with Crippen molar-refractivity contribution < 1.29 is 38.5 Å². The number of methoxy groups -OCH3 is 1. The van der Waals surface area contributed by atoms with Gasteiger partial charge in [0.15, 0.2) is 0 Å². The molecule has 0 aromatic heterocycles. The van der Waals surface area contributed by atoms with Crippen molar-refractivity contribution in [3.8, 4) is 0 Å². The van der Waals surface area contributed by atoms with Crippen LogP contribution in [-0.2, 0) is 33.4 Å². The van der Waals surface area contributed by atoms with Crippen LogP contribution in [0.2, 0.25) is 0 Å². The van der Waals surface area contributed by atoms with Gasteiger partial charge in [-0.3, -0.25) is 19.2 Å². The van der Waals surface area contributed by atoms with E-state index in [1.54, 1.807) is 22.0 Å². The minimum Gasteiger partial charge on any atom is -0.455 e. The van der Waals surface area contributed by atoms with E-state index in [1.807, 2.05) is 44.2 Å². The van der Waals surface area contributed by atoms with E-state index in [4.69, 9.17) is 14.2 Å². The number of benzene rings is 1. The molecule has 3 amide bonds. The van der Waals surface area contributed by atoms with E-state index in [-0.39, 0.29) is 49.9 Å². The highest BCUT2D eigenvalue weighted by atomic mass is 16.6. The fourth-order valence-electron chi connectivity index (χ4n) is 7.31. The number of esters is 1. The average molecular weight is 640 g/mol. The van der Waals surface area contributed by atoms with Gasteiger partial charge in [0.1, 0.15) is 17.7 Å². The Bertz CT molecular complexity index is 1260. The Morgan fingerprint density at radius 1 is 1.20 bits per heavy atom. The second kappa shape index (κ2) is 15.8. The predicted octanol–water partition coefficient (Wildman–Crippen LogP) is 2.94. The van der Waals surface area contributed by atoms with Crippen LogP contribution in [0.1, 0.15) is 64.0 Å². The number of hydrogen-bond donors (Lipinski definition) is 2. The molecule has 2 N–H and O–H groups in total. The number of fused-ring (bicyclic) bond motifs is 1. The number of nitrogens with one attached hydrogen (secondary N) is 1. The maximum absolute atomic E-state index is 14.3. The first kappa shape index (κ1) is 35.3. The van der Waals surface area contributed by atoms with Gasteiger partial charge in [-0.05, 0) is 51.5 Å². The van der Waals surface area contributed by atoms with E-state index in [0.717, 1.165) is 0 Å². The molecule has 0 unspecified atom stereocenters. The second-order valence-corrected chi connectivity index (χ2v) is 12.6. The molecule has 3 saturated heterocycles. The van der Waals surface area contributed by atoms with Gasteiger partial charge >= 0.3 is 5.97 Å². The minimum atomic E-state index is -1.18. The number of ether oxygens (including phenoxy) is 3. The first-order chi connectivity index (χ1) is 22.1. The summed E-state index contributed by atoms with van der Waals surface area (Å²) >= 11 is 0. The van der Waals surface area contributed by atoms with Gasteiger partial charge in [0.2, 0.25) is 17.7 Å². The molecule has 3 aliphatic heterocycles. The third-order valence-electron chi connectivity index (χ3n) is 9.35. The summed E-state index contributed by atoms with van der Waals surface area (Å²) in [7, 11) is 1.51. The van der Waals surface area contributed by atoms with Gasteiger partial charge in [0.25, 0.3) is 0 Å². The summed E-state index contributed by atoms with van der Waals surface area (Å²) in [5.74, 6) is -3.24. The molecule has 7 atom stereocenters. The first-order valence-electron chi connectivity index (χ1n) is 16.3. The first-order valence-corrected chi connectivity index (χ1v) is 16.3. The van der Waals surface area contributed by atoms with Crippen LogP contribution in [0.3, 0.4) is 0 Å². The molecule has 11 heteroatoms. The van der Waals surface area contributed by atoms with Crippen LogP contribution in [-0.4, -0.2) is 102 Å². The molecule has 3 fully saturated rings. The SMILES string of the molecule is C=CCCC(=O)N[C@H](COC)[C@H](OC(=O)[C@@H]1[C@@H]2CC[C@]3(O2)[C@H](C(=O)N(CC=C)C(C)C)N(CCCCO)C(=O)[C@@H]13)c1ccccc1. The fourth-order valence-corrected chi connectivity index (χ4v) is 7.31. The number of carbonyl (C=O) groups is 4. The second-order valence-electron chi connectivity index (χ2n) is 12.6. The summed E-state index contributed by atoms with van der Waals surface area (Å²) < 4.78 is 18.3. The zero-order valence-corrected chi connectivity index (χ0v) is 27.3. The number of nitrogens with zero attached hydrogens (tertiary/aromatic N) is 2. The molecular formula is C35H49N3O8. The van der Waals surface area contributed by atoms with Gasteiger partial charge in [0.05, 0.1) is 30.6 Å². The van der Waals surface area contributed by atoms with Gasteiger partial charge in [-0.25, -0.2) is 0 Å². The molecule has 2 bridgehead atoms. The summed E-state index contributed by atoms with van der Waals surface area (Å²) in [5, 5.41) is 12.4. The van der Waals surface area contributed by atoms with Gasteiger partial charge in [0, 0.05) is 39.3 Å². The molecular weight excluding hydrogens is 590 g/mol. The zero-order chi connectivity index (χ0) is 33.4. The summed E-state index contributed by atoms with van der Waals surface area (Å²) in [5.41, 5.74) is -0.516. The van der Waals surface area contributed by atoms with E-state index >= 15 is 0 Å². The van der Waals surface area contributed by atoms with Crippen molar-refractivity contribution in [1.29, 1.82) is 0 Å². The number of rotatable bonds is 18. The van der Waals surface area contributed by atoms with Crippen molar-refractivity contribution in [1.82, 2.24) is 15.1 Å². The van der Waals surface area contributed by atoms with E-state index in [2.05, 4.69) is 18.5 Å². The number of allylic oxidation sites excluding steroid dienone is 1. The largest absolute Gasteiger partial charge is 0.455 e. The Morgan fingerprint density at radius 3 is 2.57 bits per heavy atom. The van der Waals surface area contributed by atoms with Crippen LogP contribution >= 0.6 is 0 Å². The Labute approximate surface area is 271 Å². The van der Waals surface area contributed by atoms with Crippen molar-refractivity contribution in [3.63, 3.8) is 0 Å². The maximum Gasteiger partial charge on any atom is 0.313 e. The number of aliphatic hydroxyl groups excluding tert-OH is 1. The Balaban J connectivity index is 1.68. The van der Waals surface area contributed by atoms with Crippen molar-refractivity contribution in [3.05, 3.63) is 61.2 Å². The topological polar surface area (TPSA) is 135 Å². The summed E-state index contributed by atoms with van der Waals surface area (Å²) in [6.07, 6.45) is 4.44. The number of hydrogen-bond acceptors (Lipinski definition) is 8. The molecule has 1 aromatic carbocycles. The lowest BCUT2D eigenvalue weighted by molar-refractivity contribution is -0.163. The zero-order valence-electron chi connectivity index (χ0n) is 27.3. The van der Waals surface area contributed by atoms with Crippen molar-refractivity contribution in [2.45, 2.75) is 88.3 Å². The third-order valence-corrected chi connectivity index (χ3v) is 9.35. The third kappa shape index (κ3) is 7.06. The van der Waals surface area contributed by atoms with E-state index < -0.39 is 47.7 Å². The maximum atomic E-state index is 14.3. The highest BCUT2D eigenvalue weighted by Gasteiger charge is 2.75. The van der Waals surface area contributed by atoms with Crippen molar-refractivity contribution >= 4 is 23.7 Å². The van der Waals surface area contributed by atoms with E-state index in [1.165, 1.54) is 7.11 Å². The highest BCUT2D eigenvalue weighted by molar-refractivity contribution is 5.98. The van der Waals surface area contributed by atoms with Crippen LogP contribution in [0.15, 0.2) is 55.6 Å². The van der Waals surface area contributed by atoms with Crippen LogP contribution in [0, 0.1) is 11.8 Å². The number of unbranched alkanes of at least 4 members (excludes halogenated alkanes) is 1. The monoisotopic (exact) mass is 639 g/mol. The lowest BCUT2D eigenvalue weighted by Gasteiger charge is -2.38. The highest BCUT2D eigenvalue weighted by Crippen LogP contribution is 2.59. The van der Waals surface area contributed by atoms with Gasteiger partial charge in [-0.2, -0.15) is 0 Å². The van der Waals surface area contributed by atoms with Crippen molar-refractivity contribution in [2.24, 2.45) is 11.8 Å². The standard InChI is InChI=1S/C35H49N3O8/c1-6-8-16-27(40)36-25(22-44-5)30(24-14-10-9-11-15-24)45-34(43)28-26-17-18-35(46-26)29(28)32(41)38(20-12-13-21-39)31(35)33(42)37(19-7-2)23(3)4/h6-7,9-11,14-15,23,25-26,28-31,39H,1-2,8,12-13,16-22H2,3-5H3,(H,36,40)/t25-,26+,28-,29-,30-,31+,35-/m1/s1. The van der Waals surface area contributed by atoms with Crippen LogP contribution < -0.4 is 5.32 Å². The quantitative estimate of drug-likeness (QED) is 0.142. The molecule has 0 radical (unpaired) electrons. The van der Waals surface area contributed by atoms with Gasteiger partial charge in [-0.1, -0.05) is 42.5 Å². The normalized spacial score (nSPS) is 26.0. The summed E-state index contributed by atoms with van der Waals surface area (Å²) in [4.78, 5) is 58.8. The molecule has 1 spiro atoms. The van der Waals surface area contributed by atoms with Gasteiger partial charge in [-0.15, -0.1) is 13.2 Å². The Hall–Kier alpha value is -3.54. The van der Waals surface area contributed by atoms with E-state index in [0.29, 0.717) is 44.2 Å². The molecule has 3 aliphatic rings. The van der Waals surface area contributed by atoms with Crippen LogP contribution in [0.25, 0.3) is 0 Å². The number of amides is 3. The molecule has 46 heavy (non-hydrogen) atoms. The molecule has 3 heterocycles. The number of carbonyl (C=O) groups excluding carboxylic acids is 4. The molecule has 0 aliphatic carbocycles. The van der Waals surface area contributed by atoms with E-state index in [9.17, 15) is 24.3 Å². The molecule has 11 nitrogen and oxygen atoms in total. The number of aliphatic hydroxyl groups is 1. The molecule has 1 aromatic rings. The molecule has 4 rings (SSSR count). The van der Waals surface area contributed by atoms with Gasteiger partial charge < -0.3 is 34.4 Å². The van der Waals surface area contributed by atoms with Crippen molar-refractivity contribution in [2.75, 3.05) is 33.4 Å². The Kier molecular flexibility index (Phi) is 12.2. The summed E-state index contributed by atoms with van der Waals surface area (Å²) in [6, 6.07) is 7.34. The smallest absolute Gasteiger partial charge is 0.313 e.